The second-order valence-electron chi connectivity index (χ2n) is 4.17. The zero-order valence-corrected chi connectivity index (χ0v) is 8.68. The highest BCUT2D eigenvalue weighted by molar-refractivity contribution is 4.92. The molecule has 1 aliphatic heterocycles. The first-order chi connectivity index (χ1) is 5.61. The molecule has 2 nitrogen and oxygen atoms in total. The molecule has 1 fully saturated rings. The first-order valence-electron chi connectivity index (χ1n) is 4.93. The third-order valence-electron chi connectivity index (χ3n) is 3.40. The van der Waals surface area contributed by atoms with E-state index in [0.29, 0.717) is 17.4 Å². The van der Waals surface area contributed by atoms with Crippen molar-refractivity contribution in [3.05, 3.63) is 0 Å². The minimum Gasteiger partial charge on any atom is -0.377 e. The first kappa shape index (κ1) is 10.0. The van der Waals surface area contributed by atoms with Crippen LogP contribution >= 0.6 is 0 Å². The Kier molecular flexibility index (Phi) is 3.13. The lowest BCUT2D eigenvalue weighted by molar-refractivity contribution is -0.191. The van der Waals surface area contributed by atoms with Gasteiger partial charge >= 0.3 is 0 Å². The summed E-state index contributed by atoms with van der Waals surface area (Å²) in [6.07, 6.45) is 0.436. The van der Waals surface area contributed by atoms with Crippen LogP contribution in [-0.2, 0) is 4.74 Å². The molecule has 0 aromatic carbocycles. The zero-order valence-electron chi connectivity index (χ0n) is 8.68. The average molecular weight is 171 g/mol. The normalized spacial score (nSPS) is 37.5. The molecule has 0 aromatic rings. The molecule has 0 aliphatic carbocycles. The Bertz CT molecular complexity index is 149. The summed E-state index contributed by atoms with van der Waals surface area (Å²) in [7, 11) is 0. The Morgan fingerprint density at radius 3 is 2.67 bits per heavy atom. The summed E-state index contributed by atoms with van der Waals surface area (Å²) in [6, 6.07) is 0. The molecular weight excluding hydrogens is 150 g/mol. The van der Waals surface area contributed by atoms with Crippen LogP contribution in [0.4, 0.5) is 0 Å². The fraction of sp³-hybridized carbons (Fsp3) is 1.00. The lowest BCUT2D eigenvalue weighted by Gasteiger charge is -2.49. The van der Waals surface area contributed by atoms with E-state index in [1.54, 1.807) is 0 Å². The maximum Gasteiger partial charge on any atom is 0.0625 e. The van der Waals surface area contributed by atoms with Gasteiger partial charge in [0.1, 0.15) is 0 Å². The van der Waals surface area contributed by atoms with E-state index >= 15 is 0 Å². The van der Waals surface area contributed by atoms with E-state index < -0.39 is 0 Å². The van der Waals surface area contributed by atoms with E-state index in [4.69, 9.17) is 4.74 Å². The lowest BCUT2D eigenvalue weighted by Crippen LogP contribution is -2.54. The molecule has 0 saturated carbocycles. The summed E-state index contributed by atoms with van der Waals surface area (Å²) in [5, 5.41) is 3.39. The number of hydrogen-bond acceptors (Lipinski definition) is 2. The van der Waals surface area contributed by atoms with Crippen LogP contribution in [0.15, 0.2) is 0 Å². The topological polar surface area (TPSA) is 21.3 Å². The van der Waals surface area contributed by atoms with Crippen molar-refractivity contribution in [3.8, 4) is 0 Å². The van der Waals surface area contributed by atoms with Gasteiger partial charge in [-0.3, -0.25) is 0 Å². The average Bonchev–Trinajstić information content (AvgIpc) is 2.10. The van der Waals surface area contributed by atoms with Gasteiger partial charge in [0, 0.05) is 5.41 Å². The highest BCUT2D eigenvalue weighted by atomic mass is 16.5. The minimum absolute atomic E-state index is 0.405. The van der Waals surface area contributed by atoms with Gasteiger partial charge in [0.2, 0.25) is 0 Å². The van der Waals surface area contributed by atoms with Crippen LogP contribution in [0.2, 0.25) is 0 Å². The van der Waals surface area contributed by atoms with Gasteiger partial charge in [-0.15, -0.1) is 0 Å². The van der Waals surface area contributed by atoms with Gasteiger partial charge in [0.15, 0.2) is 0 Å². The highest BCUT2D eigenvalue weighted by Gasteiger charge is 2.45. The minimum atomic E-state index is 0.405. The van der Waals surface area contributed by atoms with E-state index in [0.717, 1.165) is 19.7 Å². The van der Waals surface area contributed by atoms with Crippen LogP contribution in [0.25, 0.3) is 0 Å². The fourth-order valence-electron chi connectivity index (χ4n) is 1.65. The maximum absolute atomic E-state index is 5.42. The standard InChI is InChI=1S/C10H21NO/c1-5-11-6-8(2)10(4)7-12-9(10)3/h8-9,11H,5-7H2,1-4H3. The summed E-state index contributed by atoms with van der Waals surface area (Å²) < 4.78 is 5.42. The van der Waals surface area contributed by atoms with Gasteiger partial charge in [-0.1, -0.05) is 20.8 Å². The number of ether oxygens (including phenoxy) is 1. The van der Waals surface area contributed by atoms with Gasteiger partial charge in [0.05, 0.1) is 12.7 Å². The van der Waals surface area contributed by atoms with Crippen molar-refractivity contribution in [2.75, 3.05) is 19.7 Å². The van der Waals surface area contributed by atoms with Crippen LogP contribution in [0.1, 0.15) is 27.7 Å². The van der Waals surface area contributed by atoms with Crippen molar-refractivity contribution >= 4 is 0 Å². The van der Waals surface area contributed by atoms with Crippen molar-refractivity contribution in [1.82, 2.24) is 5.32 Å². The van der Waals surface area contributed by atoms with E-state index in [2.05, 4.69) is 33.0 Å². The zero-order chi connectivity index (χ0) is 9.19. The molecule has 1 rings (SSSR count). The summed E-state index contributed by atoms with van der Waals surface area (Å²) in [5.74, 6) is 0.709. The second kappa shape index (κ2) is 3.75. The molecule has 0 spiro atoms. The molecule has 1 N–H and O–H groups in total. The number of nitrogens with one attached hydrogen (secondary N) is 1. The molecule has 3 unspecified atom stereocenters. The van der Waals surface area contributed by atoms with Crippen LogP contribution < -0.4 is 5.32 Å². The van der Waals surface area contributed by atoms with Crippen molar-refractivity contribution in [1.29, 1.82) is 0 Å². The molecule has 12 heavy (non-hydrogen) atoms. The Balaban J connectivity index is 2.35. The molecule has 1 aliphatic rings. The molecule has 0 aromatic heterocycles. The summed E-state index contributed by atoms with van der Waals surface area (Å²) in [4.78, 5) is 0. The van der Waals surface area contributed by atoms with E-state index in [1.165, 1.54) is 0 Å². The number of rotatable bonds is 4. The molecule has 0 bridgehead atoms. The number of hydrogen-bond donors (Lipinski definition) is 1. The summed E-state index contributed by atoms with van der Waals surface area (Å²) >= 11 is 0. The van der Waals surface area contributed by atoms with Crippen LogP contribution in [0, 0.1) is 11.3 Å². The molecule has 1 heterocycles. The van der Waals surface area contributed by atoms with Gasteiger partial charge < -0.3 is 10.1 Å². The van der Waals surface area contributed by atoms with E-state index in [-0.39, 0.29) is 0 Å². The molecule has 3 atom stereocenters. The Labute approximate surface area is 75.7 Å². The van der Waals surface area contributed by atoms with Crippen molar-refractivity contribution in [2.24, 2.45) is 11.3 Å². The highest BCUT2D eigenvalue weighted by Crippen LogP contribution is 2.40. The predicted molar refractivity (Wildman–Crippen MR) is 51.2 cm³/mol. The van der Waals surface area contributed by atoms with Crippen LogP contribution in [-0.4, -0.2) is 25.8 Å². The predicted octanol–water partition coefficient (Wildman–Crippen LogP) is 1.66. The van der Waals surface area contributed by atoms with Crippen molar-refractivity contribution < 1.29 is 4.74 Å². The molecule has 72 valence electrons. The molecule has 0 radical (unpaired) electrons. The van der Waals surface area contributed by atoms with Gasteiger partial charge in [0.25, 0.3) is 0 Å². The van der Waals surface area contributed by atoms with Crippen LogP contribution in [0.3, 0.4) is 0 Å². The van der Waals surface area contributed by atoms with Gasteiger partial charge in [-0.05, 0) is 25.9 Å². The maximum atomic E-state index is 5.42. The van der Waals surface area contributed by atoms with Gasteiger partial charge in [-0.25, -0.2) is 0 Å². The fourth-order valence-corrected chi connectivity index (χ4v) is 1.65. The molecular formula is C10H21NO. The van der Waals surface area contributed by atoms with Crippen LogP contribution in [0.5, 0.6) is 0 Å². The quantitative estimate of drug-likeness (QED) is 0.694. The van der Waals surface area contributed by atoms with E-state index in [1.807, 2.05) is 0 Å². The second-order valence-corrected chi connectivity index (χ2v) is 4.17. The smallest absolute Gasteiger partial charge is 0.0625 e. The summed E-state index contributed by atoms with van der Waals surface area (Å²) in [5.41, 5.74) is 0.405. The summed E-state index contributed by atoms with van der Waals surface area (Å²) in [6.45, 7) is 12.1. The molecule has 0 amide bonds. The SMILES string of the molecule is CCNCC(C)C1(C)COC1C. The van der Waals surface area contributed by atoms with Crippen molar-refractivity contribution in [3.63, 3.8) is 0 Å². The van der Waals surface area contributed by atoms with Crippen molar-refractivity contribution in [2.45, 2.75) is 33.8 Å². The largest absolute Gasteiger partial charge is 0.377 e. The van der Waals surface area contributed by atoms with Gasteiger partial charge in [-0.2, -0.15) is 0 Å². The third kappa shape index (κ3) is 1.64. The lowest BCUT2D eigenvalue weighted by atomic mass is 9.71. The monoisotopic (exact) mass is 171 g/mol. The third-order valence-corrected chi connectivity index (χ3v) is 3.40. The Hall–Kier alpha value is -0.0800. The first-order valence-corrected chi connectivity index (χ1v) is 4.93. The Morgan fingerprint density at radius 1 is 1.67 bits per heavy atom. The van der Waals surface area contributed by atoms with E-state index in [9.17, 15) is 0 Å². The Morgan fingerprint density at radius 2 is 2.33 bits per heavy atom. The molecule has 1 saturated heterocycles. The molecule has 2 heteroatoms.